The van der Waals surface area contributed by atoms with Crippen LogP contribution < -0.4 is 0 Å². The van der Waals surface area contributed by atoms with E-state index in [-0.39, 0.29) is 9.79 Å². The number of hydrogen-bond donors (Lipinski definition) is 2. The second kappa shape index (κ2) is 51.3. The molecule has 0 amide bonds. The molecule has 0 bridgehead atoms. The van der Waals surface area contributed by atoms with Gasteiger partial charge in [0.05, 0.1) is 9.79 Å². The Kier molecular flexibility index (Phi) is 48.5. The van der Waals surface area contributed by atoms with Gasteiger partial charge in [-0.1, -0.05) is 319 Å². The lowest BCUT2D eigenvalue weighted by Gasteiger charge is -2.38. The highest BCUT2D eigenvalue weighted by atomic mass is 32.2. The topological polar surface area (TPSA) is 115 Å². The van der Waals surface area contributed by atoms with Crippen LogP contribution in [0, 0.1) is 13.8 Å². The third-order valence-corrected chi connectivity index (χ3v) is 19.4. The molecular formula is C74H132N2O6S2. The van der Waals surface area contributed by atoms with E-state index in [9.17, 15) is 16.8 Å². The van der Waals surface area contributed by atoms with E-state index in [1.807, 2.05) is 13.8 Å². The first-order valence-electron chi connectivity index (χ1n) is 35.1. The van der Waals surface area contributed by atoms with Crippen molar-refractivity contribution in [3.8, 4) is 0 Å². The summed E-state index contributed by atoms with van der Waals surface area (Å²) in [5.74, 6) is 0. The molecule has 10 heteroatoms. The molecule has 0 radical (unpaired) electrons. The average Bonchev–Trinajstić information content (AvgIpc) is 3.43. The van der Waals surface area contributed by atoms with E-state index in [0.29, 0.717) is 24.2 Å². The van der Waals surface area contributed by atoms with Crippen LogP contribution >= 0.6 is 0 Å². The Balaban J connectivity index is 0.00000131. The largest absolute Gasteiger partial charge is 0.294 e. The first-order chi connectivity index (χ1) is 40.4. The maximum Gasteiger partial charge on any atom is 0.294 e. The van der Waals surface area contributed by atoms with Crippen LogP contribution in [0.5, 0.6) is 0 Å². The molecule has 0 saturated heterocycles. The summed E-state index contributed by atoms with van der Waals surface area (Å²) in [5, 5.41) is 0. The molecule has 4 atom stereocenters. The second-order valence-electron chi connectivity index (χ2n) is 25.6. The summed E-state index contributed by atoms with van der Waals surface area (Å²) >= 11 is 0. The molecule has 4 unspecified atom stereocenters. The van der Waals surface area contributed by atoms with Gasteiger partial charge >= 0.3 is 0 Å². The van der Waals surface area contributed by atoms with Crippen LogP contribution in [-0.2, 0) is 33.3 Å². The number of nitrogens with zero attached hydrogens (tertiary/aromatic N) is 2. The summed E-state index contributed by atoms with van der Waals surface area (Å²) in [6, 6.07) is 24.2. The van der Waals surface area contributed by atoms with Crippen molar-refractivity contribution in [2.75, 3.05) is 0 Å². The first kappa shape index (κ1) is 79.4. The zero-order chi connectivity index (χ0) is 62.1. The van der Waals surface area contributed by atoms with Crippen LogP contribution in [0.4, 0.5) is 0 Å². The Morgan fingerprint density at radius 3 is 0.690 bits per heavy atom. The quantitative estimate of drug-likeness (QED) is 0.0424. The molecule has 84 heavy (non-hydrogen) atoms. The van der Waals surface area contributed by atoms with E-state index in [0.717, 1.165) is 24.2 Å². The number of benzene rings is 3. The Morgan fingerprint density at radius 1 is 0.310 bits per heavy atom. The maximum atomic E-state index is 10.5. The number of rotatable bonds is 50. The Morgan fingerprint density at radius 2 is 0.500 bits per heavy atom. The molecule has 0 aromatic heterocycles. The maximum absolute atomic E-state index is 10.5. The summed E-state index contributed by atoms with van der Waals surface area (Å²) < 4.78 is 59.1. The molecule has 0 heterocycles. The third-order valence-electron chi connectivity index (χ3n) is 17.6. The van der Waals surface area contributed by atoms with Crippen molar-refractivity contribution in [3.05, 3.63) is 95.1 Å². The minimum atomic E-state index is -4.02. The van der Waals surface area contributed by atoms with E-state index < -0.39 is 20.2 Å². The third kappa shape index (κ3) is 41.5. The van der Waals surface area contributed by atoms with E-state index in [4.69, 9.17) is 9.11 Å². The fraction of sp³-hybridized carbons (Fsp3) is 0.757. The number of aryl methyl sites for hydroxylation is 2. The highest BCUT2D eigenvalue weighted by Crippen LogP contribution is 2.27. The van der Waals surface area contributed by atoms with Crippen molar-refractivity contribution in [2.24, 2.45) is 0 Å². The van der Waals surface area contributed by atoms with Gasteiger partial charge in [0.15, 0.2) is 0 Å². The first-order valence-corrected chi connectivity index (χ1v) is 37.9. The highest BCUT2D eigenvalue weighted by Gasteiger charge is 2.25. The van der Waals surface area contributed by atoms with Gasteiger partial charge in [-0.15, -0.1) is 0 Å². The summed E-state index contributed by atoms with van der Waals surface area (Å²) in [6.45, 7) is 25.5. The molecular weight excluding hydrogens is 1080 g/mol. The van der Waals surface area contributed by atoms with Gasteiger partial charge in [0.1, 0.15) is 0 Å². The molecule has 0 fully saturated rings. The Labute approximate surface area is 521 Å². The normalized spacial score (nSPS) is 13.3. The zero-order valence-corrected chi connectivity index (χ0v) is 57.8. The molecule has 2 N–H and O–H groups in total. The van der Waals surface area contributed by atoms with Gasteiger partial charge in [-0.25, -0.2) is 0 Å². The van der Waals surface area contributed by atoms with Crippen molar-refractivity contribution < 1.29 is 25.9 Å². The van der Waals surface area contributed by atoms with Gasteiger partial charge in [-0.05, 0) is 103 Å². The minimum Gasteiger partial charge on any atom is -0.294 e. The molecule has 8 nitrogen and oxygen atoms in total. The molecule has 0 aliphatic heterocycles. The monoisotopic (exact) mass is 1210 g/mol. The second-order valence-corrected chi connectivity index (χ2v) is 28.4. The van der Waals surface area contributed by atoms with Crippen LogP contribution in [-0.4, -0.2) is 59.9 Å². The van der Waals surface area contributed by atoms with Gasteiger partial charge in [0.25, 0.3) is 20.2 Å². The van der Waals surface area contributed by atoms with E-state index in [2.05, 4.69) is 89.5 Å². The molecule has 0 spiro atoms. The zero-order valence-electron chi connectivity index (χ0n) is 56.2. The molecule has 3 aromatic rings. The highest BCUT2D eigenvalue weighted by molar-refractivity contribution is 7.86. The fourth-order valence-corrected chi connectivity index (χ4v) is 12.8. The molecule has 0 aliphatic carbocycles. The van der Waals surface area contributed by atoms with Crippen molar-refractivity contribution in [1.82, 2.24) is 9.80 Å². The van der Waals surface area contributed by atoms with Gasteiger partial charge < -0.3 is 0 Å². The standard InChI is InChI=1S/C60H116N2.2C7H8O3S/c1-9-13-17-21-25-29-33-37-41-47-55(5)61(56(6)48-42-38-34-30-26-22-18-14-10-2)53-59-51-45-46-52-60(59)54-62(57(7)49-43-39-35-31-27-23-19-15-11-3)58(8)50-44-40-36-32-28-24-20-16-12-4;2*1-6-2-4-7(5-3-6)11(8,9)10/h45-46,51-52,55-58H,9-44,47-50,53-54H2,1-8H3;2*2-5H,1H3,(H,8,9,10). The van der Waals surface area contributed by atoms with Crippen LogP contribution in [0.25, 0.3) is 0 Å². The lowest BCUT2D eigenvalue weighted by molar-refractivity contribution is 0.117. The summed E-state index contributed by atoms with van der Waals surface area (Å²) in [7, 11) is -8.04. The minimum absolute atomic E-state index is 0.0666. The van der Waals surface area contributed by atoms with Gasteiger partial charge in [-0.2, -0.15) is 16.8 Å². The van der Waals surface area contributed by atoms with Crippen LogP contribution in [0.15, 0.2) is 82.6 Å². The van der Waals surface area contributed by atoms with Crippen molar-refractivity contribution in [3.63, 3.8) is 0 Å². The van der Waals surface area contributed by atoms with E-state index in [1.54, 1.807) is 35.4 Å². The number of hydrogen-bond acceptors (Lipinski definition) is 6. The average molecular weight is 1210 g/mol. The summed E-state index contributed by atoms with van der Waals surface area (Å²) in [6.07, 6.45) is 56.5. The molecule has 3 aromatic carbocycles. The van der Waals surface area contributed by atoms with E-state index >= 15 is 0 Å². The van der Waals surface area contributed by atoms with Crippen molar-refractivity contribution in [1.29, 1.82) is 0 Å². The van der Waals surface area contributed by atoms with Crippen molar-refractivity contribution >= 4 is 20.2 Å². The van der Waals surface area contributed by atoms with Crippen molar-refractivity contribution in [2.45, 2.75) is 373 Å². The fourth-order valence-electron chi connectivity index (χ4n) is 11.8. The molecule has 0 saturated carbocycles. The van der Waals surface area contributed by atoms with Gasteiger partial charge in [-0.3, -0.25) is 18.9 Å². The van der Waals surface area contributed by atoms with E-state index in [1.165, 1.54) is 281 Å². The smallest absolute Gasteiger partial charge is 0.294 e. The predicted molar refractivity (Wildman–Crippen MR) is 365 cm³/mol. The van der Waals surface area contributed by atoms with Crippen LogP contribution in [0.1, 0.15) is 334 Å². The van der Waals surface area contributed by atoms with Gasteiger partial charge in [0, 0.05) is 37.3 Å². The van der Waals surface area contributed by atoms with Crippen LogP contribution in [0.2, 0.25) is 0 Å². The van der Waals surface area contributed by atoms with Gasteiger partial charge in [0.2, 0.25) is 0 Å². The molecule has 486 valence electrons. The SMILES string of the molecule is CCCCCCCCCCCC(C)N(Cc1ccccc1CN(C(C)CCCCCCCCCCC)C(C)CCCCCCCCCCC)C(C)CCCCCCCCCCC.Cc1ccc(S(=O)(=O)O)cc1.Cc1ccc(S(=O)(=O)O)cc1. The lowest BCUT2D eigenvalue weighted by atomic mass is 9.97. The lowest BCUT2D eigenvalue weighted by Crippen LogP contribution is -2.41. The molecule has 3 rings (SSSR count). The Hall–Kier alpha value is -2.60. The van der Waals surface area contributed by atoms with Crippen LogP contribution in [0.3, 0.4) is 0 Å². The molecule has 0 aliphatic rings. The predicted octanol–water partition coefficient (Wildman–Crippen LogP) is 23.0. The number of unbranched alkanes of at least 4 members (excludes halogenated alkanes) is 32. The summed E-state index contributed by atoms with van der Waals surface area (Å²) in [4.78, 5) is 5.78. The Bertz CT molecular complexity index is 1970. The summed E-state index contributed by atoms with van der Waals surface area (Å²) in [5.41, 5.74) is 5.11.